The Morgan fingerprint density at radius 2 is 1.70 bits per heavy atom. The summed E-state index contributed by atoms with van der Waals surface area (Å²) in [5.74, 6) is 5.27. The van der Waals surface area contributed by atoms with E-state index >= 15 is 0 Å². The number of rotatable bonds is 4. The van der Waals surface area contributed by atoms with Crippen molar-refractivity contribution in [1.29, 1.82) is 5.26 Å². The fraction of sp³-hybridized carbons (Fsp3) is 0.364. The average Bonchev–Trinajstić information content (AvgIpc) is 2.82. The number of nitrogens with zero attached hydrogens (tertiary/aromatic N) is 4. The minimum Gasteiger partial charge on any atom is -0.383 e. The van der Waals surface area contributed by atoms with Gasteiger partial charge in [-0.05, 0) is 25.1 Å². The number of aliphatic hydroxyl groups is 1. The standard InChI is InChI=1S/C22H19F6N5O3S/c1-2-3-17-13-32(37(35,36)18-10-14(11-29)19(30)31-12-18)8-9-33(17)16-6-4-15(5-7-16)20(34,21(23,24)25)22(26,27)28/h4-7,10,12,17,34H,8-9,13H2,1H3,(H2,30,31)/t17-/m0/s1. The van der Waals surface area contributed by atoms with Crippen LogP contribution in [0.5, 0.6) is 0 Å². The highest BCUT2D eigenvalue weighted by molar-refractivity contribution is 7.89. The van der Waals surface area contributed by atoms with E-state index in [1.807, 2.05) is 0 Å². The van der Waals surface area contributed by atoms with Crippen LogP contribution in [0.15, 0.2) is 41.4 Å². The van der Waals surface area contributed by atoms with E-state index in [2.05, 4.69) is 16.8 Å². The number of aromatic nitrogens is 1. The number of halogens is 6. The number of anilines is 2. The van der Waals surface area contributed by atoms with Crippen LogP contribution in [0.1, 0.15) is 18.1 Å². The summed E-state index contributed by atoms with van der Waals surface area (Å²) in [6, 6.07) is 4.96. The van der Waals surface area contributed by atoms with E-state index in [4.69, 9.17) is 11.0 Å². The minimum absolute atomic E-state index is 0.0196. The Bertz CT molecular complexity index is 1360. The number of nitrogen functional groups attached to an aromatic ring is 1. The zero-order chi connectivity index (χ0) is 27.8. The first-order valence-electron chi connectivity index (χ1n) is 10.4. The van der Waals surface area contributed by atoms with E-state index in [0.29, 0.717) is 12.1 Å². The minimum atomic E-state index is -6.02. The summed E-state index contributed by atoms with van der Waals surface area (Å²) in [6.45, 7) is 1.14. The maximum absolute atomic E-state index is 13.2. The first-order valence-corrected chi connectivity index (χ1v) is 11.8. The van der Waals surface area contributed by atoms with Crippen molar-refractivity contribution in [2.75, 3.05) is 30.3 Å². The van der Waals surface area contributed by atoms with E-state index in [9.17, 15) is 39.9 Å². The van der Waals surface area contributed by atoms with Gasteiger partial charge in [0.25, 0.3) is 5.60 Å². The van der Waals surface area contributed by atoms with Crippen LogP contribution in [0.4, 0.5) is 37.8 Å². The number of nitriles is 1. The summed E-state index contributed by atoms with van der Waals surface area (Å²) >= 11 is 0. The maximum atomic E-state index is 13.2. The molecule has 8 nitrogen and oxygen atoms in total. The molecule has 198 valence electrons. The molecule has 2 aromatic rings. The molecule has 0 aliphatic carbocycles. The maximum Gasteiger partial charge on any atom is 0.430 e. The zero-order valence-corrected chi connectivity index (χ0v) is 19.8. The third-order valence-electron chi connectivity index (χ3n) is 5.74. The van der Waals surface area contributed by atoms with E-state index in [0.717, 1.165) is 28.7 Å². The number of piperazine rings is 1. The van der Waals surface area contributed by atoms with Crippen LogP contribution < -0.4 is 10.6 Å². The monoisotopic (exact) mass is 547 g/mol. The lowest BCUT2D eigenvalue weighted by atomic mass is 9.92. The largest absolute Gasteiger partial charge is 0.430 e. The highest BCUT2D eigenvalue weighted by Crippen LogP contribution is 2.50. The van der Waals surface area contributed by atoms with Gasteiger partial charge in [-0.1, -0.05) is 18.1 Å². The molecule has 1 atom stereocenters. The molecule has 2 heterocycles. The molecule has 37 heavy (non-hydrogen) atoms. The lowest BCUT2D eigenvalue weighted by molar-refractivity contribution is -0.376. The molecule has 1 aromatic heterocycles. The van der Waals surface area contributed by atoms with Gasteiger partial charge in [0.1, 0.15) is 22.8 Å². The molecular weight excluding hydrogens is 528 g/mol. The Kier molecular flexibility index (Phi) is 7.38. The fourth-order valence-corrected chi connectivity index (χ4v) is 5.20. The van der Waals surface area contributed by atoms with Gasteiger partial charge in [0, 0.05) is 37.1 Å². The molecule has 1 saturated heterocycles. The van der Waals surface area contributed by atoms with Crippen LogP contribution in [-0.2, 0) is 15.6 Å². The number of hydrogen-bond acceptors (Lipinski definition) is 7. The Morgan fingerprint density at radius 3 is 2.22 bits per heavy atom. The number of nitrogens with two attached hydrogens (primary N) is 1. The summed E-state index contributed by atoms with van der Waals surface area (Å²) in [4.78, 5) is 4.96. The van der Waals surface area contributed by atoms with Gasteiger partial charge in [-0.15, -0.1) is 5.92 Å². The molecule has 0 spiro atoms. The molecule has 3 N–H and O–H groups in total. The van der Waals surface area contributed by atoms with E-state index < -0.39 is 39.6 Å². The number of pyridine rings is 1. The molecule has 1 aromatic carbocycles. The van der Waals surface area contributed by atoms with Crippen LogP contribution in [0, 0.1) is 23.2 Å². The summed E-state index contributed by atoms with van der Waals surface area (Å²) in [6.07, 6.45) is -11.0. The molecule has 0 amide bonds. The second kappa shape index (κ2) is 9.74. The second-order valence-corrected chi connectivity index (χ2v) is 9.87. The van der Waals surface area contributed by atoms with Gasteiger partial charge in [0.15, 0.2) is 0 Å². The van der Waals surface area contributed by atoms with Gasteiger partial charge in [-0.25, -0.2) is 13.4 Å². The highest BCUT2D eigenvalue weighted by atomic mass is 32.2. The van der Waals surface area contributed by atoms with Gasteiger partial charge in [0.2, 0.25) is 10.0 Å². The van der Waals surface area contributed by atoms with E-state index in [1.165, 1.54) is 11.8 Å². The molecule has 3 rings (SSSR count). The van der Waals surface area contributed by atoms with Crippen LogP contribution in [0.2, 0.25) is 0 Å². The van der Waals surface area contributed by atoms with Gasteiger partial charge in [-0.3, -0.25) is 0 Å². The number of alkyl halides is 6. The molecular formula is C22H19F6N5O3S. The Hall–Kier alpha value is -3.53. The van der Waals surface area contributed by atoms with Crippen molar-refractivity contribution < 1.29 is 39.9 Å². The summed E-state index contributed by atoms with van der Waals surface area (Å²) in [5, 5.41) is 18.7. The third-order valence-corrected chi connectivity index (χ3v) is 7.57. The second-order valence-electron chi connectivity index (χ2n) is 7.94. The molecule has 1 aliphatic heterocycles. The SMILES string of the molecule is CC#C[C@H]1CN(S(=O)(=O)c2cnc(N)c(C#N)c2)CCN1c1ccc(C(O)(C(F)(F)F)C(F)(F)F)cc1. The van der Waals surface area contributed by atoms with Crippen LogP contribution in [-0.4, -0.2) is 60.8 Å². The van der Waals surface area contributed by atoms with Gasteiger partial charge in [-0.2, -0.15) is 35.9 Å². The predicted molar refractivity (Wildman–Crippen MR) is 119 cm³/mol. The molecule has 1 fully saturated rings. The van der Waals surface area contributed by atoms with Crippen molar-refractivity contribution in [3.05, 3.63) is 47.7 Å². The molecule has 0 unspecified atom stereocenters. The van der Waals surface area contributed by atoms with Crippen molar-refractivity contribution in [3.8, 4) is 17.9 Å². The number of hydrogen-bond donors (Lipinski definition) is 2. The molecule has 0 saturated carbocycles. The van der Waals surface area contributed by atoms with Gasteiger partial charge < -0.3 is 15.7 Å². The Balaban J connectivity index is 1.91. The van der Waals surface area contributed by atoms with Gasteiger partial charge in [0.05, 0.1) is 5.56 Å². The highest BCUT2D eigenvalue weighted by Gasteiger charge is 2.71. The average molecular weight is 547 g/mol. The van der Waals surface area contributed by atoms with Crippen molar-refractivity contribution in [3.63, 3.8) is 0 Å². The number of benzene rings is 1. The van der Waals surface area contributed by atoms with Crippen molar-refractivity contribution in [1.82, 2.24) is 9.29 Å². The van der Waals surface area contributed by atoms with Crippen molar-refractivity contribution in [2.45, 2.75) is 35.8 Å². The topological polar surface area (TPSA) is 124 Å². The summed E-state index contributed by atoms with van der Waals surface area (Å²) < 4.78 is 106. The zero-order valence-electron chi connectivity index (χ0n) is 19.0. The molecule has 15 heteroatoms. The van der Waals surface area contributed by atoms with Crippen LogP contribution in [0.25, 0.3) is 0 Å². The lowest BCUT2D eigenvalue weighted by Crippen LogP contribution is -2.55. The normalized spacial score (nSPS) is 17.6. The molecule has 0 bridgehead atoms. The lowest BCUT2D eigenvalue weighted by Gasteiger charge is -2.40. The summed E-state index contributed by atoms with van der Waals surface area (Å²) in [7, 11) is -4.14. The molecule has 1 aliphatic rings. The van der Waals surface area contributed by atoms with Crippen molar-refractivity contribution in [2.24, 2.45) is 0 Å². The van der Waals surface area contributed by atoms with Crippen LogP contribution in [0.3, 0.4) is 0 Å². The molecule has 0 radical (unpaired) electrons. The summed E-state index contributed by atoms with van der Waals surface area (Å²) in [5.41, 5.74) is -0.909. The third kappa shape index (κ3) is 5.02. The Morgan fingerprint density at radius 1 is 1.11 bits per heavy atom. The first-order chi connectivity index (χ1) is 17.1. The van der Waals surface area contributed by atoms with Crippen LogP contribution >= 0.6 is 0 Å². The van der Waals surface area contributed by atoms with Gasteiger partial charge >= 0.3 is 12.4 Å². The van der Waals surface area contributed by atoms with E-state index in [-0.39, 0.29) is 41.6 Å². The quantitative estimate of drug-likeness (QED) is 0.446. The number of sulfonamides is 1. The fourth-order valence-electron chi connectivity index (χ4n) is 3.79. The van der Waals surface area contributed by atoms with Crippen molar-refractivity contribution >= 4 is 21.5 Å². The smallest absolute Gasteiger partial charge is 0.383 e. The Labute approximate surface area is 208 Å². The van der Waals surface area contributed by atoms with E-state index in [1.54, 1.807) is 6.07 Å². The predicted octanol–water partition coefficient (Wildman–Crippen LogP) is 2.75. The first kappa shape index (κ1) is 28.0.